The van der Waals surface area contributed by atoms with Crippen LogP contribution in [0.4, 0.5) is 11.4 Å². The summed E-state index contributed by atoms with van der Waals surface area (Å²) >= 11 is 0. The topological polar surface area (TPSA) is 121 Å². The first-order valence-electron chi connectivity index (χ1n) is 9.46. The maximum Gasteiger partial charge on any atom is 0.278 e. The van der Waals surface area contributed by atoms with Crippen molar-refractivity contribution in [3.63, 3.8) is 0 Å². The first kappa shape index (κ1) is 20.0. The van der Waals surface area contributed by atoms with Gasteiger partial charge in [0, 0.05) is 17.8 Å². The molecule has 4 aromatic rings. The number of rotatable bonds is 5. The molecule has 10 nitrogen and oxygen atoms in total. The van der Waals surface area contributed by atoms with Gasteiger partial charge in [-0.2, -0.15) is 5.10 Å². The molecule has 0 unspecified atom stereocenters. The molecule has 0 atom stereocenters. The Morgan fingerprint density at radius 1 is 1.03 bits per heavy atom. The predicted molar refractivity (Wildman–Crippen MR) is 114 cm³/mol. The van der Waals surface area contributed by atoms with E-state index in [9.17, 15) is 14.9 Å². The number of nitro groups is 1. The minimum atomic E-state index is -0.487. The molecular weight excluding hydrogens is 398 g/mol. The number of non-ortho nitro benzene ring substituents is 1. The van der Waals surface area contributed by atoms with Crippen LogP contribution >= 0.6 is 0 Å². The summed E-state index contributed by atoms with van der Waals surface area (Å²) in [6, 6.07) is 15.3. The SMILES string of the molecule is Cc1cc(C)n(-c2ccccc2NC(=O)c2nnn(-c3cccc([N+](=O)[O-])c3)c2C)n1. The van der Waals surface area contributed by atoms with Crippen LogP contribution < -0.4 is 5.32 Å². The number of aromatic nitrogens is 5. The van der Waals surface area contributed by atoms with Crippen LogP contribution in [0.1, 0.15) is 27.6 Å². The molecule has 1 N–H and O–H groups in total. The Labute approximate surface area is 177 Å². The molecule has 156 valence electrons. The second kappa shape index (κ2) is 7.82. The Morgan fingerprint density at radius 2 is 1.81 bits per heavy atom. The summed E-state index contributed by atoms with van der Waals surface area (Å²) in [4.78, 5) is 23.5. The first-order valence-corrected chi connectivity index (χ1v) is 9.46. The van der Waals surface area contributed by atoms with Crippen molar-refractivity contribution in [1.82, 2.24) is 24.8 Å². The van der Waals surface area contributed by atoms with Gasteiger partial charge in [0.2, 0.25) is 0 Å². The Bertz CT molecular complexity index is 1310. The van der Waals surface area contributed by atoms with E-state index in [1.165, 1.54) is 16.8 Å². The van der Waals surface area contributed by atoms with Crippen molar-refractivity contribution in [3.05, 3.63) is 87.5 Å². The molecule has 0 bridgehead atoms. The van der Waals surface area contributed by atoms with Crippen molar-refractivity contribution in [2.45, 2.75) is 20.8 Å². The lowest BCUT2D eigenvalue weighted by molar-refractivity contribution is -0.384. The van der Waals surface area contributed by atoms with Crippen molar-refractivity contribution >= 4 is 17.3 Å². The highest BCUT2D eigenvalue weighted by Gasteiger charge is 2.20. The summed E-state index contributed by atoms with van der Waals surface area (Å²) in [5, 5.41) is 26.4. The van der Waals surface area contributed by atoms with Crippen LogP contribution in [0.3, 0.4) is 0 Å². The largest absolute Gasteiger partial charge is 0.319 e. The zero-order chi connectivity index (χ0) is 22.1. The van der Waals surface area contributed by atoms with Gasteiger partial charge in [-0.3, -0.25) is 14.9 Å². The molecule has 2 aromatic heterocycles. The maximum atomic E-state index is 13.0. The van der Waals surface area contributed by atoms with Crippen LogP contribution in [0.25, 0.3) is 11.4 Å². The van der Waals surface area contributed by atoms with Crippen LogP contribution in [0.15, 0.2) is 54.6 Å². The minimum absolute atomic E-state index is 0.0720. The van der Waals surface area contributed by atoms with E-state index in [1.807, 2.05) is 38.1 Å². The number of carbonyl (C=O) groups excluding carboxylic acids is 1. The Hall–Kier alpha value is -4.34. The van der Waals surface area contributed by atoms with Gasteiger partial charge in [0.15, 0.2) is 5.69 Å². The van der Waals surface area contributed by atoms with Gasteiger partial charge in [-0.15, -0.1) is 5.10 Å². The molecule has 0 saturated heterocycles. The van der Waals surface area contributed by atoms with Crippen molar-refractivity contribution < 1.29 is 9.72 Å². The van der Waals surface area contributed by atoms with Gasteiger partial charge in [-0.05, 0) is 45.0 Å². The number of aryl methyl sites for hydroxylation is 2. The number of amides is 1. The number of nitrogens with one attached hydrogen (secondary N) is 1. The van der Waals surface area contributed by atoms with Crippen LogP contribution in [0.2, 0.25) is 0 Å². The fraction of sp³-hybridized carbons (Fsp3) is 0.143. The molecular formula is C21H19N7O3. The molecule has 0 fully saturated rings. The molecule has 0 aliphatic rings. The van der Waals surface area contributed by atoms with Gasteiger partial charge in [-0.1, -0.05) is 23.4 Å². The molecule has 0 radical (unpaired) electrons. The van der Waals surface area contributed by atoms with Crippen LogP contribution in [-0.4, -0.2) is 35.6 Å². The van der Waals surface area contributed by atoms with Gasteiger partial charge < -0.3 is 5.32 Å². The molecule has 10 heteroatoms. The molecule has 0 saturated carbocycles. The monoisotopic (exact) mass is 417 g/mol. The van der Waals surface area contributed by atoms with Gasteiger partial charge in [0.1, 0.15) is 0 Å². The third-order valence-electron chi connectivity index (χ3n) is 4.78. The second-order valence-corrected chi connectivity index (χ2v) is 7.02. The van der Waals surface area contributed by atoms with Crippen LogP contribution in [0.5, 0.6) is 0 Å². The zero-order valence-corrected chi connectivity index (χ0v) is 17.1. The van der Waals surface area contributed by atoms with Crippen molar-refractivity contribution in [1.29, 1.82) is 0 Å². The number of carbonyl (C=O) groups is 1. The molecule has 2 aromatic carbocycles. The minimum Gasteiger partial charge on any atom is -0.319 e. The highest BCUT2D eigenvalue weighted by Crippen LogP contribution is 2.23. The van der Waals surface area contributed by atoms with Crippen molar-refractivity contribution in [2.24, 2.45) is 0 Å². The Balaban J connectivity index is 1.65. The predicted octanol–water partition coefficient (Wildman–Crippen LogP) is 3.54. The maximum absolute atomic E-state index is 13.0. The van der Waals surface area contributed by atoms with Crippen molar-refractivity contribution in [3.8, 4) is 11.4 Å². The van der Waals surface area contributed by atoms with E-state index in [0.717, 1.165) is 17.1 Å². The van der Waals surface area contributed by atoms with E-state index < -0.39 is 10.8 Å². The highest BCUT2D eigenvalue weighted by atomic mass is 16.6. The van der Waals surface area contributed by atoms with E-state index in [1.54, 1.807) is 29.8 Å². The number of nitro benzene ring substituents is 1. The van der Waals surface area contributed by atoms with E-state index in [2.05, 4.69) is 20.7 Å². The summed E-state index contributed by atoms with van der Waals surface area (Å²) in [5.74, 6) is -0.442. The fourth-order valence-corrected chi connectivity index (χ4v) is 3.34. The third kappa shape index (κ3) is 3.78. The quantitative estimate of drug-likeness (QED) is 0.392. The van der Waals surface area contributed by atoms with Gasteiger partial charge >= 0.3 is 0 Å². The Kier molecular flexibility index (Phi) is 5.04. The molecule has 31 heavy (non-hydrogen) atoms. The zero-order valence-electron chi connectivity index (χ0n) is 17.1. The summed E-state index contributed by atoms with van der Waals surface area (Å²) in [7, 11) is 0. The Morgan fingerprint density at radius 3 is 2.52 bits per heavy atom. The number of para-hydroxylation sites is 2. The molecule has 0 aliphatic heterocycles. The smallest absolute Gasteiger partial charge is 0.278 e. The molecule has 4 rings (SSSR count). The number of benzene rings is 2. The summed E-state index contributed by atoms with van der Waals surface area (Å²) in [6.07, 6.45) is 0. The molecule has 0 spiro atoms. The van der Waals surface area contributed by atoms with E-state index >= 15 is 0 Å². The van der Waals surface area contributed by atoms with Gasteiger partial charge in [-0.25, -0.2) is 9.36 Å². The van der Waals surface area contributed by atoms with E-state index in [-0.39, 0.29) is 11.4 Å². The van der Waals surface area contributed by atoms with Gasteiger partial charge in [0.05, 0.1) is 33.4 Å². The normalized spacial score (nSPS) is 10.8. The average molecular weight is 417 g/mol. The molecule has 0 aliphatic carbocycles. The second-order valence-electron chi connectivity index (χ2n) is 7.02. The first-order chi connectivity index (χ1) is 14.8. The summed E-state index contributed by atoms with van der Waals surface area (Å²) in [6.45, 7) is 5.52. The van der Waals surface area contributed by atoms with E-state index in [4.69, 9.17) is 0 Å². The summed E-state index contributed by atoms with van der Waals surface area (Å²) in [5.41, 5.74) is 4.06. The number of hydrogen-bond acceptors (Lipinski definition) is 6. The lowest BCUT2D eigenvalue weighted by Gasteiger charge is -2.12. The lowest BCUT2D eigenvalue weighted by Crippen LogP contribution is -2.16. The average Bonchev–Trinajstić information content (AvgIpc) is 3.29. The fourth-order valence-electron chi connectivity index (χ4n) is 3.34. The number of anilines is 1. The lowest BCUT2D eigenvalue weighted by atomic mass is 10.2. The number of nitrogens with zero attached hydrogens (tertiary/aromatic N) is 6. The molecule has 2 heterocycles. The molecule has 1 amide bonds. The van der Waals surface area contributed by atoms with Gasteiger partial charge in [0.25, 0.3) is 11.6 Å². The standard InChI is InChI=1S/C21H19N7O3/c1-13-11-14(2)26(24-13)19-10-5-4-9-18(19)22-21(29)20-15(3)27(25-23-20)16-7-6-8-17(12-16)28(30)31/h4-12H,1-3H3,(H,22,29). The summed E-state index contributed by atoms with van der Waals surface area (Å²) < 4.78 is 3.16. The third-order valence-corrected chi connectivity index (χ3v) is 4.78. The number of hydrogen-bond donors (Lipinski definition) is 1. The van der Waals surface area contributed by atoms with Crippen LogP contribution in [-0.2, 0) is 0 Å². The van der Waals surface area contributed by atoms with Crippen molar-refractivity contribution in [2.75, 3.05) is 5.32 Å². The highest BCUT2D eigenvalue weighted by molar-refractivity contribution is 6.04. The van der Waals surface area contributed by atoms with E-state index in [0.29, 0.717) is 17.1 Å². The van der Waals surface area contributed by atoms with Crippen LogP contribution in [0, 0.1) is 30.9 Å².